The number of para-hydroxylation sites is 2. The summed E-state index contributed by atoms with van der Waals surface area (Å²) in [6.45, 7) is 2.13. The molecule has 6 heteroatoms. The highest BCUT2D eigenvalue weighted by Gasteiger charge is 2.11. The minimum atomic E-state index is -0.456. The summed E-state index contributed by atoms with van der Waals surface area (Å²) in [5, 5.41) is 11.5. The molecule has 0 saturated carbocycles. The fourth-order valence-corrected chi connectivity index (χ4v) is 2.05. The van der Waals surface area contributed by atoms with Crippen LogP contribution in [0.25, 0.3) is 11.1 Å². The normalized spacial score (nSPS) is 12.5. The first-order valence-electron chi connectivity index (χ1n) is 6.60. The van der Waals surface area contributed by atoms with Crippen molar-refractivity contribution < 1.29 is 14.3 Å². The van der Waals surface area contributed by atoms with Crippen LogP contribution in [0.4, 0.5) is 0 Å². The minimum Gasteiger partial charge on any atom is -0.408 e. The van der Waals surface area contributed by atoms with Gasteiger partial charge in [0.25, 0.3) is 0 Å². The zero-order valence-electron chi connectivity index (χ0n) is 11.3. The molecule has 0 aliphatic heterocycles. The van der Waals surface area contributed by atoms with E-state index in [1.807, 2.05) is 13.0 Å². The van der Waals surface area contributed by atoms with Crippen LogP contribution in [0.2, 0.25) is 0 Å². The van der Waals surface area contributed by atoms with Crippen molar-refractivity contribution in [1.29, 1.82) is 0 Å². The maximum absolute atomic E-state index is 11.7. The average Bonchev–Trinajstić information content (AvgIpc) is 2.72. The molecule has 1 atom stereocenters. The second-order valence-corrected chi connectivity index (χ2v) is 4.72. The van der Waals surface area contributed by atoms with Crippen LogP contribution in [0.5, 0.6) is 0 Å². The molecular weight excluding hydrogens is 260 g/mol. The zero-order valence-corrected chi connectivity index (χ0v) is 11.3. The lowest BCUT2D eigenvalue weighted by atomic mass is 10.2. The van der Waals surface area contributed by atoms with Crippen LogP contribution >= 0.6 is 0 Å². The second-order valence-electron chi connectivity index (χ2n) is 4.72. The lowest BCUT2D eigenvalue weighted by Gasteiger charge is -2.12. The number of carbonyl (C=O) groups excluding carboxylic acids is 1. The van der Waals surface area contributed by atoms with Crippen molar-refractivity contribution >= 4 is 17.0 Å². The number of aromatic nitrogens is 1. The summed E-state index contributed by atoms with van der Waals surface area (Å²) in [6, 6.07) is 7.03. The van der Waals surface area contributed by atoms with Gasteiger partial charge in [-0.25, -0.2) is 4.79 Å². The molecule has 2 rings (SSSR count). The van der Waals surface area contributed by atoms with Crippen LogP contribution in [0.1, 0.15) is 19.8 Å². The molecule has 1 amide bonds. The van der Waals surface area contributed by atoms with Gasteiger partial charge < -0.3 is 14.8 Å². The SMILES string of the molecule is CC(CCO)NC(=O)CCn1c(=O)oc2ccccc21. The second kappa shape index (κ2) is 6.38. The van der Waals surface area contributed by atoms with Gasteiger partial charge in [-0.1, -0.05) is 12.1 Å². The van der Waals surface area contributed by atoms with E-state index in [2.05, 4.69) is 5.32 Å². The van der Waals surface area contributed by atoms with Gasteiger partial charge in [-0.05, 0) is 25.5 Å². The topological polar surface area (TPSA) is 84.5 Å². The Balaban J connectivity index is 2.01. The summed E-state index contributed by atoms with van der Waals surface area (Å²) in [5.74, 6) is -0.606. The lowest BCUT2D eigenvalue weighted by Crippen LogP contribution is -2.34. The molecule has 0 aliphatic carbocycles. The first kappa shape index (κ1) is 14.3. The van der Waals surface area contributed by atoms with Crippen molar-refractivity contribution in [3.05, 3.63) is 34.8 Å². The fourth-order valence-electron chi connectivity index (χ4n) is 2.05. The number of amides is 1. The highest BCUT2D eigenvalue weighted by atomic mass is 16.4. The number of fused-ring (bicyclic) bond motifs is 1. The number of oxazole rings is 1. The summed E-state index contributed by atoms with van der Waals surface area (Å²) in [6.07, 6.45) is 0.708. The third-order valence-electron chi connectivity index (χ3n) is 3.11. The van der Waals surface area contributed by atoms with Crippen molar-refractivity contribution in [2.45, 2.75) is 32.4 Å². The van der Waals surface area contributed by atoms with E-state index < -0.39 is 5.76 Å². The molecule has 0 saturated heterocycles. The van der Waals surface area contributed by atoms with E-state index in [0.717, 1.165) is 0 Å². The summed E-state index contributed by atoms with van der Waals surface area (Å²) in [5.41, 5.74) is 1.21. The Morgan fingerprint density at radius 3 is 2.95 bits per heavy atom. The van der Waals surface area contributed by atoms with Gasteiger partial charge in [0.1, 0.15) is 0 Å². The summed E-state index contributed by atoms with van der Waals surface area (Å²) in [4.78, 5) is 23.4. The third kappa shape index (κ3) is 3.27. The Bertz CT molecular complexity index is 644. The van der Waals surface area contributed by atoms with Gasteiger partial charge in [-0.2, -0.15) is 0 Å². The molecule has 20 heavy (non-hydrogen) atoms. The van der Waals surface area contributed by atoms with Crippen LogP contribution in [0.3, 0.4) is 0 Å². The van der Waals surface area contributed by atoms with Crippen molar-refractivity contribution in [3.63, 3.8) is 0 Å². The number of aliphatic hydroxyl groups is 1. The number of nitrogens with zero attached hydrogens (tertiary/aromatic N) is 1. The maximum atomic E-state index is 11.7. The molecular formula is C14H18N2O4. The summed E-state index contributed by atoms with van der Waals surface area (Å²) >= 11 is 0. The number of hydrogen-bond donors (Lipinski definition) is 2. The molecule has 0 spiro atoms. The monoisotopic (exact) mass is 278 g/mol. The van der Waals surface area contributed by atoms with Crippen LogP contribution < -0.4 is 11.1 Å². The van der Waals surface area contributed by atoms with E-state index in [1.165, 1.54) is 4.57 Å². The lowest BCUT2D eigenvalue weighted by molar-refractivity contribution is -0.122. The van der Waals surface area contributed by atoms with Crippen LogP contribution in [0.15, 0.2) is 33.5 Å². The van der Waals surface area contributed by atoms with E-state index in [0.29, 0.717) is 17.5 Å². The van der Waals surface area contributed by atoms with E-state index in [9.17, 15) is 9.59 Å². The highest BCUT2D eigenvalue weighted by molar-refractivity contribution is 5.77. The number of rotatable bonds is 6. The van der Waals surface area contributed by atoms with Gasteiger partial charge in [0.15, 0.2) is 5.58 Å². The summed E-state index contributed by atoms with van der Waals surface area (Å²) < 4.78 is 6.54. The standard InChI is InChI=1S/C14H18N2O4/c1-10(7-9-17)15-13(18)6-8-16-11-4-2-3-5-12(11)20-14(16)19/h2-5,10,17H,6-9H2,1H3,(H,15,18). The van der Waals surface area contributed by atoms with Crippen LogP contribution in [-0.4, -0.2) is 28.2 Å². The van der Waals surface area contributed by atoms with Crippen molar-refractivity contribution in [3.8, 4) is 0 Å². The predicted octanol–water partition coefficient (Wildman–Crippen LogP) is 0.872. The van der Waals surface area contributed by atoms with Gasteiger partial charge in [0.05, 0.1) is 5.52 Å². The van der Waals surface area contributed by atoms with Crippen molar-refractivity contribution in [1.82, 2.24) is 9.88 Å². The molecule has 108 valence electrons. The van der Waals surface area contributed by atoms with Gasteiger partial charge in [-0.15, -0.1) is 0 Å². The Morgan fingerprint density at radius 2 is 2.20 bits per heavy atom. The number of aryl methyl sites for hydroxylation is 1. The third-order valence-corrected chi connectivity index (χ3v) is 3.11. The number of nitrogens with one attached hydrogen (secondary N) is 1. The van der Waals surface area contributed by atoms with Crippen molar-refractivity contribution in [2.24, 2.45) is 0 Å². The number of aliphatic hydroxyl groups excluding tert-OH is 1. The molecule has 0 bridgehead atoms. The number of benzene rings is 1. The van der Waals surface area contributed by atoms with Gasteiger partial charge in [0.2, 0.25) is 5.91 Å². The molecule has 1 aromatic carbocycles. The molecule has 0 aliphatic rings. The van der Waals surface area contributed by atoms with Crippen molar-refractivity contribution in [2.75, 3.05) is 6.61 Å². The van der Waals surface area contributed by atoms with Crippen LogP contribution in [-0.2, 0) is 11.3 Å². The average molecular weight is 278 g/mol. The molecule has 1 aromatic heterocycles. The van der Waals surface area contributed by atoms with Crippen LogP contribution in [0, 0.1) is 0 Å². The van der Waals surface area contributed by atoms with Gasteiger partial charge >= 0.3 is 5.76 Å². The molecule has 2 aromatic rings. The number of carbonyl (C=O) groups is 1. The fraction of sp³-hybridized carbons (Fsp3) is 0.429. The minimum absolute atomic E-state index is 0.0350. The van der Waals surface area contributed by atoms with Gasteiger partial charge in [-0.3, -0.25) is 9.36 Å². The van der Waals surface area contributed by atoms with Gasteiger partial charge in [0, 0.05) is 25.6 Å². The molecule has 6 nitrogen and oxygen atoms in total. The molecule has 2 N–H and O–H groups in total. The molecule has 1 unspecified atom stereocenters. The first-order chi connectivity index (χ1) is 9.61. The Morgan fingerprint density at radius 1 is 1.45 bits per heavy atom. The highest BCUT2D eigenvalue weighted by Crippen LogP contribution is 2.11. The number of hydrogen-bond acceptors (Lipinski definition) is 4. The van der Waals surface area contributed by atoms with E-state index in [-0.39, 0.29) is 31.5 Å². The first-order valence-corrected chi connectivity index (χ1v) is 6.60. The Labute approximate surface area is 116 Å². The Kier molecular flexibility index (Phi) is 4.57. The van der Waals surface area contributed by atoms with E-state index >= 15 is 0 Å². The molecule has 0 fully saturated rings. The Hall–Kier alpha value is -2.08. The van der Waals surface area contributed by atoms with E-state index in [1.54, 1.807) is 18.2 Å². The largest absolute Gasteiger partial charge is 0.419 e. The smallest absolute Gasteiger partial charge is 0.408 e. The quantitative estimate of drug-likeness (QED) is 0.821. The summed E-state index contributed by atoms with van der Waals surface area (Å²) in [7, 11) is 0. The molecule has 1 heterocycles. The molecule has 0 radical (unpaired) electrons. The maximum Gasteiger partial charge on any atom is 0.419 e. The van der Waals surface area contributed by atoms with E-state index in [4.69, 9.17) is 9.52 Å². The predicted molar refractivity (Wildman–Crippen MR) is 74.4 cm³/mol. The zero-order chi connectivity index (χ0) is 14.5.